The molecular weight excluding hydrogens is 324 g/mol. The molecule has 0 radical (unpaired) electrons. The van der Waals surface area contributed by atoms with Crippen LogP contribution in [0.25, 0.3) is 0 Å². The van der Waals surface area contributed by atoms with Gasteiger partial charge in [0, 0.05) is 18.2 Å². The molecule has 0 saturated carbocycles. The zero-order chi connectivity index (χ0) is 18.0. The van der Waals surface area contributed by atoms with Gasteiger partial charge in [-0.3, -0.25) is 9.52 Å². The van der Waals surface area contributed by atoms with Gasteiger partial charge >= 0.3 is 0 Å². The lowest BCUT2D eigenvalue weighted by molar-refractivity contribution is 0.103. The monoisotopic (exact) mass is 346 g/mol. The Hall–Kier alpha value is -2.18. The van der Waals surface area contributed by atoms with Crippen LogP contribution in [-0.4, -0.2) is 21.2 Å². The Bertz CT molecular complexity index is 835. The lowest BCUT2D eigenvalue weighted by atomic mass is 9.86. The molecule has 0 aliphatic rings. The summed E-state index contributed by atoms with van der Waals surface area (Å²) in [7, 11) is -2.39. The van der Waals surface area contributed by atoms with Crippen molar-refractivity contribution in [2.24, 2.45) is 0 Å². The molecule has 128 valence electrons. The second-order valence-corrected chi connectivity index (χ2v) is 8.13. The summed E-state index contributed by atoms with van der Waals surface area (Å²) in [6.07, 6.45) is 0. The molecule has 2 aromatic rings. The first kappa shape index (κ1) is 18.2. The van der Waals surface area contributed by atoms with E-state index in [9.17, 15) is 13.2 Å². The summed E-state index contributed by atoms with van der Waals surface area (Å²) in [5, 5.41) is 0. The van der Waals surface area contributed by atoms with Gasteiger partial charge in [0.1, 0.15) is 0 Å². The number of nitrogens with one attached hydrogen (secondary N) is 2. The zero-order valence-electron chi connectivity index (χ0n) is 14.3. The van der Waals surface area contributed by atoms with Gasteiger partial charge in [-0.25, -0.2) is 4.72 Å². The maximum atomic E-state index is 12.7. The third kappa shape index (κ3) is 4.21. The molecule has 0 saturated heterocycles. The fourth-order valence-corrected chi connectivity index (χ4v) is 2.81. The molecule has 0 atom stereocenters. The minimum atomic E-state index is -3.69. The fraction of sp³-hybridized carbons (Fsp3) is 0.278. The van der Waals surface area contributed by atoms with E-state index >= 15 is 0 Å². The second-order valence-electron chi connectivity index (χ2n) is 6.51. The van der Waals surface area contributed by atoms with Crippen LogP contribution in [0, 0.1) is 0 Å². The molecule has 24 heavy (non-hydrogen) atoms. The van der Waals surface area contributed by atoms with Gasteiger partial charge in [-0.2, -0.15) is 8.42 Å². The maximum absolute atomic E-state index is 12.7. The normalized spacial score (nSPS) is 12.0. The number of anilines is 1. The van der Waals surface area contributed by atoms with E-state index in [1.807, 2.05) is 12.1 Å². The molecule has 2 N–H and O–H groups in total. The summed E-state index contributed by atoms with van der Waals surface area (Å²) in [5.41, 5.74) is 2.20. The van der Waals surface area contributed by atoms with Crippen molar-refractivity contribution in [2.45, 2.75) is 26.2 Å². The summed E-state index contributed by atoms with van der Waals surface area (Å²) >= 11 is 0. The number of rotatable bonds is 5. The Kier molecular flexibility index (Phi) is 5.11. The highest BCUT2D eigenvalue weighted by Gasteiger charge is 2.18. The molecule has 0 fully saturated rings. The lowest BCUT2D eigenvalue weighted by Gasteiger charge is -2.19. The van der Waals surface area contributed by atoms with Gasteiger partial charge in [-0.05, 0) is 23.1 Å². The highest BCUT2D eigenvalue weighted by molar-refractivity contribution is 7.90. The molecule has 2 aromatic carbocycles. The van der Waals surface area contributed by atoms with Crippen molar-refractivity contribution >= 4 is 21.7 Å². The van der Waals surface area contributed by atoms with Crippen molar-refractivity contribution < 1.29 is 13.2 Å². The van der Waals surface area contributed by atoms with Gasteiger partial charge in [0.15, 0.2) is 5.78 Å². The van der Waals surface area contributed by atoms with Gasteiger partial charge < -0.3 is 0 Å². The topological polar surface area (TPSA) is 75.3 Å². The first-order valence-corrected chi connectivity index (χ1v) is 9.08. The van der Waals surface area contributed by atoms with Crippen molar-refractivity contribution in [3.8, 4) is 0 Å². The molecule has 5 nitrogen and oxygen atoms in total. The van der Waals surface area contributed by atoms with E-state index in [0.29, 0.717) is 11.1 Å². The van der Waals surface area contributed by atoms with E-state index in [1.165, 1.54) is 7.05 Å². The van der Waals surface area contributed by atoms with Crippen LogP contribution in [0.4, 0.5) is 5.69 Å². The number of carbonyl (C=O) groups is 1. The first-order valence-electron chi connectivity index (χ1n) is 7.59. The third-order valence-electron chi connectivity index (χ3n) is 3.70. The molecule has 0 aliphatic carbocycles. The largest absolute Gasteiger partial charge is 0.298 e. The summed E-state index contributed by atoms with van der Waals surface area (Å²) in [5.74, 6) is -0.232. The fourth-order valence-electron chi connectivity index (χ4n) is 2.24. The maximum Gasteiger partial charge on any atom is 0.298 e. The van der Waals surface area contributed by atoms with Crippen LogP contribution in [0.3, 0.4) is 0 Å². The Balaban J connectivity index is 2.37. The summed E-state index contributed by atoms with van der Waals surface area (Å²) in [4.78, 5) is 12.7. The van der Waals surface area contributed by atoms with Crippen molar-refractivity contribution in [3.05, 3.63) is 65.2 Å². The summed E-state index contributed by atoms with van der Waals surface area (Å²) in [6, 6.07) is 13.9. The number of benzene rings is 2. The highest BCUT2D eigenvalue weighted by atomic mass is 32.2. The van der Waals surface area contributed by atoms with E-state index in [-0.39, 0.29) is 16.9 Å². The predicted octanol–water partition coefficient (Wildman–Crippen LogP) is 3.09. The molecule has 0 aliphatic heterocycles. The van der Waals surface area contributed by atoms with E-state index < -0.39 is 10.2 Å². The van der Waals surface area contributed by atoms with Gasteiger partial charge in [-0.15, -0.1) is 0 Å². The molecule has 6 heteroatoms. The van der Waals surface area contributed by atoms with Crippen LogP contribution in [0.15, 0.2) is 48.5 Å². The SMILES string of the molecule is CNS(=O)(=O)Nc1ccccc1C(=O)c1ccc(C(C)(C)C)cc1. The van der Waals surface area contributed by atoms with Crippen molar-refractivity contribution in [1.29, 1.82) is 0 Å². The standard InChI is InChI=1S/C18H22N2O3S/c1-18(2,3)14-11-9-13(10-12-14)17(21)15-7-5-6-8-16(15)20-24(22,23)19-4/h5-12,19-20H,1-4H3. The molecule has 0 heterocycles. The molecule has 0 spiro atoms. The van der Waals surface area contributed by atoms with Crippen LogP contribution >= 0.6 is 0 Å². The Morgan fingerprint density at radius 2 is 1.54 bits per heavy atom. The van der Waals surface area contributed by atoms with Crippen LogP contribution in [0.1, 0.15) is 42.3 Å². The zero-order valence-corrected chi connectivity index (χ0v) is 15.1. The lowest BCUT2D eigenvalue weighted by Crippen LogP contribution is -2.27. The highest BCUT2D eigenvalue weighted by Crippen LogP contribution is 2.24. The van der Waals surface area contributed by atoms with Crippen LogP contribution in [0.5, 0.6) is 0 Å². The number of ketones is 1. The van der Waals surface area contributed by atoms with E-state index in [0.717, 1.165) is 5.56 Å². The van der Waals surface area contributed by atoms with Crippen LogP contribution in [-0.2, 0) is 15.6 Å². The second kappa shape index (κ2) is 6.75. The predicted molar refractivity (Wildman–Crippen MR) is 96.6 cm³/mol. The molecule has 0 aromatic heterocycles. The quantitative estimate of drug-likeness (QED) is 0.817. The number of carbonyl (C=O) groups excluding carboxylic acids is 1. The van der Waals surface area contributed by atoms with Crippen LogP contribution in [0.2, 0.25) is 0 Å². The number of para-hydroxylation sites is 1. The number of hydrogen-bond donors (Lipinski definition) is 2. The molecule has 0 amide bonds. The van der Waals surface area contributed by atoms with E-state index in [2.05, 4.69) is 30.2 Å². The summed E-state index contributed by atoms with van der Waals surface area (Å²) < 4.78 is 27.9. The Morgan fingerprint density at radius 1 is 0.958 bits per heavy atom. The van der Waals surface area contributed by atoms with E-state index in [1.54, 1.807) is 36.4 Å². The molecule has 0 unspecified atom stereocenters. The number of hydrogen-bond acceptors (Lipinski definition) is 3. The third-order valence-corrected chi connectivity index (χ3v) is 4.72. The van der Waals surface area contributed by atoms with E-state index in [4.69, 9.17) is 0 Å². The van der Waals surface area contributed by atoms with Crippen LogP contribution < -0.4 is 9.44 Å². The summed E-state index contributed by atoms with van der Waals surface area (Å²) in [6.45, 7) is 6.31. The van der Waals surface area contributed by atoms with Crippen molar-refractivity contribution in [1.82, 2.24) is 4.72 Å². The minimum absolute atomic E-state index is 0.00190. The van der Waals surface area contributed by atoms with Gasteiger partial charge in [-0.1, -0.05) is 57.2 Å². The molecular formula is C18H22N2O3S. The smallest absolute Gasteiger partial charge is 0.289 e. The first-order chi connectivity index (χ1) is 11.1. The Morgan fingerprint density at radius 3 is 2.08 bits per heavy atom. The average molecular weight is 346 g/mol. The van der Waals surface area contributed by atoms with Gasteiger partial charge in [0.25, 0.3) is 10.2 Å². The Labute approximate surface area is 143 Å². The van der Waals surface area contributed by atoms with Crippen molar-refractivity contribution in [3.63, 3.8) is 0 Å². The van der Waals surface area contributed by atoms with Crippen molar-refractivity contribution in [2.75, 3.05) is 11.8 Å². The van der Waals surface area contributed by atoms with Gasteiger partial charge in [0.2, 0.25) is 0 Å². The average Bonchev–Trinajstić information content (AvgIpc) is 2.54. The van der Waals surface area contributed by atoms with Gasteiger partial charge in [0.05, 0.1) is 5.69 Å². The minimum Gasteiger partial charge on any atom is -0.289 e. The molecule has 2 rings (SSSR count). The molecule has 0 bridgehead atoms.